The molecule has 7 heteroatoms. The van der Waals surface area contributed by atoms with Crippen molar-refractivity contribution in [1.29, 1.82) is 0 Å². The molecule has 156 valence electrons. The van der Waals surface area contributed by atoms with Crippen molar-refractivity contribution in [3.8, 4) is 0 Å². The minimum absolute atomic E-state index is 0.0224. The van der Waals surface area contributed by atoms with Crippen molar-refractivity contribution in [2.24, 2.45) is 4.99 Å². The lowest BCUT2D eigenvalue weighted by molar-refractivity contribution is 0.303. The van der Waals surface area contributed by atoms with Gasteiger partial charge in [0.2, 0.25) is 0 Å². The van der Waals surface area contributed by atoms with E-state index in [1.807, 2.05) is 38.5 Å². The van der Waals surface area contributed by atoms with Crippen LogP contribution in [0.5, 0.6) is 0 Å². The number of aliphatic imine (C=N–C) groups is 1. The number of aromatic nitrogens is 1. The lowest BCUT2D eigenvalue weighted by atomic mass is 10.1. The third kappa shape index (κ3) is 5.67. The molecule has 1 N–H and O–H groups in total. The first-order valence-electron chi connectivity index (χ1n) is 10.2. The van der Waals surface area contributed by atoms with Crippen molar-refractivity contribution in [1.82, 2.24) is 20.1 Å². The maximum Gasteiger partial charge on any atom is 0.194 e. The molecule has 1 aromatic heterocycles. The van der Waals surface area contributed by atoms with Crippen LogP contribution >= 0.6 is 0 Å². The fraction of sp³-hybridized carbons (Fsp3) is 0.455. The average molecular weight is 399 g/mol. The Balaban J connectivity index is 1.68. The summed E-state index contributed by atoms with van der Waals surface area (Å²) in [6.07, 6.45) is 1.83. The third-order valence-electron chi connectivity index (χ3n) is 5.16. The molecule has 2 heterocycles. The number of hydrogen-bond acceptors (Lipinski definition) is 4. The van der Waals surface area contributed by atoms with Crippen LogP contribution in [0.15, 0.2) is 53.7 Å². The van der Waals surface area contributed by atoms with Crippen molar-refractivity contribution >= 4 is 11.8 Å². The summed E-state index contributed by atoms with van der Waals surface area (Å²) >= 11 is 0. The maximum atomic E-state index is 13.7. The summed E-state index contributed by atoms with van der Waals surface area (Å²) in [5.74, 6) is 1.72. The third-order valence-corrected chi connectivity index (χ3v) is 5.16. The highest BCUT2D eigenvalue weighted by Gasteiger charge is 2.21. The van der Waals surface area contributed by atoms with Crippen LogP contribution in [0, 0.1) is 5.82 Å². The number of nitrogens with one attached hydrogen (secondary N) is 1. The largest absolute Gasteiger partial charge is 0.357 e. The molecule has 1 unspecified atom stereocenters. The van der Waals surface area contributed by atoms with E-state index in [-0.39, 0.29) is 11.9 Å². The molecule has 0 bridgehead atoms. The van der Waals surface area contributed by atoms with E-state index in [1.165, 1.54) is 6.07 Å². The molecule has 0 saturated carbocycles. The van der Waals surface area contributed by atoms with Crippen molar-refractivity contribution in [2.75, 3.05) is 58.3 Å². The number of hydrogen-bond donors (Lipinski definition) is 1. The Morgan fingerprint density at radius 3 is 2.59 bits per heavy atom. The van der Waals surface area contributed by atoms with E-state index < -0.39 is 0 Å². The van der Waals surface area contributed by atoms with E-state index in [1.54, 1.807) is 12.1 Å². The fourth-order valence-corrected chi connectivity index (χ4v) is 3.57. The highest BCUT2D eigenvalue weighted by Crippen LogP contribution is 2.20. The number of rotatable bonds is 6. The van der Waals surface area contributed by atoms with E-state index >= 15 is 0 Å². The van der Waals surface area contributed by atoms with E-state index in [4.69, 9.17) is 4.99 Å². The summed E-state index contributed by atoms with van der Waals surface area (Å²) in [7, 11) is 4.01. The van der Waals surface area contributed by atoms with Gasteiger partial charge in [0, 0.05) is 38.9 Å². The van der Waals surface area contributed by atoms with Gasteiger partial charge in [-0.2, -0.15) is 0 Å². The molecule has 6 nitrogen and oxygen atoms in total. The van der Waals surface area contributed by atoms with E-state index in [2.05, 4.69) is 38.0 Å². The smallest absolute Gasteiger partial charge is 0.194 e. The first-order valence-corrected chi connectivity index (χ1v) is 10.2. The first kappa shape index (κ1) is 21.0. The van der Waals surface area contributed by atoms with Crippen LogP contribution in [0.1, 0.15) is 18.5 Å². The topological polar surface area (TPSA) is 47.0 Å². The molecule has 1 fully saturated rings. The Morgan fingerprint density at radius 1 is 1.17 bits per heavy atom. The zero-order valence-electron chi connectivity index (χ0n) is 17.6. The number of guanidine groups is 1. The average Bonchev–Trinajstić information content (AvgIpc) is 2.74. The van der Waals surface area contributed by atoms with Crippen LogP contribution in [0.2, 0.25) is 0 Å². The molecule has 0 spiro atoms. The number of likely N-dealkylation sites (N-methyl/N-ethyl adjacent to an activating group) is 1. The highest BCUT2D eigenvalue weighted by molar-refractivity contribution is 5.80. The standard InChI is InChI=1S/C22H31FN6/c1-4-24-22(26-17-20(27(2)3)18-8-7-9-19(23)16-18)29-14-12-28(13-15-29)21-10-5-6-11-25-21/h5-11,16,20H,4,12-15,17H2,1-3H3,(H,24,26). The molecule has 0 aliphatic carbocycles. The Hall–Kier alpha value is -2.67. The van der Waals surface area contributed by atoms with Gasteiger partial charge in [0.25, 0.3) is 0 Å². The van der Waals surface area contributed by atoms with Crippen molar-refractivity contribution in [2.45, 2.75) is 13.0 Å². The number of benzene rings is 1. The van der Waals surface area contributed by atoms with Crippen LogP contribution in [0.3, 0.4) is 0 Å². The zero-order chi connectivity index (χ0) is 20.6. The van der Waals surface area contributed by atoms with Crippen molar-refractivity contribution in [3.63, 3.8) is 0 Å². The second-order valence-electron chi connectivity index (χ2n) is 7.39. The summed E-state index contributed by atoms with van der Waals surface area (Å²) in [5.41, 5.74) is 0.939. The van der Waals surface area contributed by atoms with Crippen molar-refractivity contribution in [3.05, 3.63) is 60.0 Å². The molecular formula is C22H31FN6. The zero-order valence-corrected chi connectivity index (χ0v) is 17.6. The molecule has 0 amide bonds. The van der Waals surface area contributed by atoms with Crippen LogP contribution in [0.4, 0.5) is 10.2 Å². The second-order valence-corrected chi connectivity index (χ2v) is 7.39. The predicted molar refractivity (Wildman–Crippen MR) is 117 cm³/mol. The molecule has 0 radical (unpaired) electrons. The van der Waals surface area contributed by atoms with Gasteiger partial charge in [-0.05, 0) is 50.8 Å². The van der Waals surface area contributed by atoms with Gasteiger partial charge in [0.05, 0.1) is 12.6 Å². The molecule has 29 heavy (non-hydrogen) atoms. The van der Waals surface area contributed by atoms with Gasteiger partial charge in [0.1, 0.15) is 11.6 Å². The monoisotopic (exact) mass is 398 g/mol. The van der Waals surface area contributed by atoms with E-state index in [0.717, 1.165) is 50.1 Å². The molecule has 1 saturated heterocycles. The first-order chi connectivity index (χ1) is 14.1. The molecule has 3 rings (SSSR count). The van der Waals surface area contributed by atoms with Crippen LogP contribution in [0.25, 0.3) is 0 Å². The number of anilines is 1. The Bertz CT molecular complexity index is 787. The number of pyridine rings is 1. The predicted octanol–water partition coefficient (Wildman–Crippen LogP) is 2.61. The summed E-state index contributed by atoms with van der Waals surface area (Å²) in [5, 5.41) is 3.41. The van der Waals surface area contributed by atoms with E-state index in [9.17, 15) is 4.39 Å². The van der Waals surface area contributed by atoms with Gasteiger partial charge < -0.3 is 20.0 Å². The van der Waals surface area contributed by atoms with Crippen LogP contribution in [-0.4, -0.2) is 74.1 Å². The van der Waals surface area contributed by atoms with Gasteiger partial charge >= 0.3 is 0 Å². The summed E-state index contributed by atoms with van der Waals surface area (Å²) in [6.45, 7) is 7.04. The Kier molecular flexibility index (Phi) is 7.41. The lowest BCUT2D eigenvalue weighted by Gasteiger charge is -2.37. The minimum Gasteiger partial charge on any atom is -0.357 e. The molecule has 1 aliphatic rings. The van der Waals surface area contributed by atoms with Gasteiger partial charge in [-0.1, -0.05) is 18.2 Å². The van der Waals surface area contributed by atoms with Crippen LogP contribution in [-0.2, 0) is 0 Å². The number of nitrogens with zero attached hydrogens (tertiary/aromatic N) is 5. The van der Waals surface area contributed by atoms with Crippen molar-refractivity contribution < 1.29 is 4.39 Å². The van der Waals surface area contributed by atoms with Crippen LogP contribution < -0.4 is 10.2 Å². The molecule has 1 atom stereocenters. The molecule has 1 aliphatic heterocycles. The Morgan fingerprint density at radius 2 is 1.97 bits per heavy atom. The molecular weight excluding hydrogens is 367 g/mol. The summed E-state index contributed by atoms with van der Waals surface area (Å²) in [6, 6.07) is 12.8. The fourth-order valence-electron chi connectivity index (χ4n) is 3.57. The van der Waals surface area contributed by atoms with Gasteiger partial charge in [-0.15, -0.1) is 0 Å². The number of halogens is 1. The van der Waals surface area contributed by atoms with Gasteiger partial charge in [-0.25, -0.2) is 9.37 Å². The van der Waals surface area contributed by atoms with E-state index in [0.29, 0.717) is 6.54 Å². The Labute approximate surface area is 173 Å². The second kappa shape index (κ2) is 10.2. The highest BCUT2D eigenvalue weighted by atomic mass is 19.1. The van der Waals surface area contributed by atoms with Gasteiger partial charge in [-0.3, -0.25) is 4.99 Å². The number of piperazine rings is 1. The normalized spacial score (nSPS) is 16.2. The summed E-state index contributed by atoms with van der Waals surface area (Å²) < 4.78 is 13.7. The SMILES string of the molecule is CCNC(=NCC(c1cccc(F)c1)N(C)C)N1CCN(c2ccccn2)CC1. The molecule has 2 aromatic rings. The molecule has 1 aromatic carbocycles. The lowest BCUT2D eigenvalue weighted by Crippen LogP contribution is -2.53. The minimum atomic E-state index is -0.212. The summed E-state index contributed by atoms with van der Waals surface area (Å²) in [4.78, 5) is 16.0. The quantitative estimate of drug-likeness (QED) is 0.599. The van der Waals surface area contributed by atoms with Gasteiger partial charge in [0.15, 0.2) is 5.96 Å². The maximum absolute atomic E-state index is 13.7.